The Morgan fingerprint density at radius 3 is 2.57 bits per heavy atom. The van der Waals surface area contributed by atoms with Gasteiger partial charge in [0.05, 0.1) is 17.1 Å². The molecule has 0 aliphatic carbocycles. The molecule has 0 saturated carbocycles. The highest BCUT2D eigenvalue weighted by Gasteiger charge is 2.25. The molecule has 0 amide bonds. The lowest BCUT2D eigenvalue weighted by Gasteiger charge is -2.26. The summed E-state index contributed by atoms with van der Waals surface area (Å²) in [5, 5.41) is 3.22. The average molecular weight is 312 g/mol. The molecule has 1 aliphatic rings. The third-order valence-corrected chi connectivity index (χ3v) is 5.34. The van der Waals surface area contributed by atoms with E-state index in [9.17, 15) is 8.42 Å². The molecular weight excluding hydrogens is 288 g/mol. The Morgan fingerprint density at radius 1 is 1.29 bits per heavy atom. The van der Waals surface area contributed by atoms with Gasteiger partial charge in [0.2, 0.25) is 10.0 Å². The van der Waals surface area contributed by atoms with Crippen LogP contribution >= 0.6 is 0 Å². The molecule has 21 heavy (non-hydrogen) atoms. The van der Waals surface area contributed by atoms with Gasteiger partial charge >= 0.3 is 0 Å². The molecule has 0 spiro atoms. The molecule has 1 aliphatic heterocycles. The second kappa shape index (κ2) is 6.66. The molecule has 118 valence electrons. The van der Waals surface area contributed by atoms with Crippen molar-refractivity contribution in [1.82, 2.24) is 4.31 Å². The molecule has 1 heterocycles. The van der Waals surface area contributed by atoms with E-state index in [2.05, 4.69) is 5.32 Å². The van der Waals surface area contributed by atoms with Crippen LogP contribution in [0.5, 0.6) is 5.75 Å². The zero-order valence-corrected chi connectivity index (χ0v) is 13.7. The second-order valence-corrected chi connectivity index (χ2v) is 7.31. The molecule has 1 atom stereocenters. The summed E-state index contributed by atoms with van der Waals surface area (Å²) in [6, 6.07) is 5.04. The van der Waals surface area contributed by atoms with Crippen LogP contribution in [0.4, 0.5) is 5.69 Å². The van der Waals surface area contributed by atoms with Crippen LogP contribution in [-0.4, -0.2) is 38.5 Å². The van der Waals surface area contributed by atoms with Gasteiger partial charge in [-0.3, -0.25) is 0 Å². The first-order valence-electron chi connectivity index (χ1n) is 7.53. The Kier molecular flexibility index (Phi) is 5.11. The van der Waals surface area contributed by atoms with Crippen molar-refractivity contribution in [2.45, 2.75) is 44.6 Å². The van der Waals surface area contributed by atoms with Crippen molar-refractivity contribution in [1.29, 1.82) is 0 Å². The summed E-state index contributed by atoms with van der Waals surface area (Å²) in [7, 11) is -3.43. The third kappa shape index (κ3) is 3.49. The summed E-state index contributed by atoms with van der Waals surface area (Å²) in [4.78, 5) is 0.328. The minimum absolute atomic E-state index is 0.0941. The highest BCUT2D eigenvalue weighted by atomic mass is 32.2. The number of hydrogen-bond donors (Lipinski definition) is 1. The van der Waals surface area contributed by atoms with Crippen molar-refractivity contribution in [2.75, 3.05) is 25.0 Å². The van der Waals surface area contributed by atoms with E-state index in [-0.39, 0.29) is 6.10 Å². The molecule has 0 bridgehead atoms. The molecule has 1 aromatic rings. The van der Waals surface area contributed by atoms with E-state index in [0.717, 1.165) is 18.5 Å². The first kappa shape index (κ1) is 16.1. The fraction of sp³-hybridized carbons (Fsp3) is 0.600. The molecule has 0 fully saturated rings. The lowest BCUT2D eigenvalue weighted by atomic mass is 10.2. The van der Waals surface area contributed by atoms with Gasteiger partial charge in [-0.05, 0) is 38.0 Å². The number of nitrogens with zero attached hydrogens (tertiary/aromatic N) is 1. The Hall–Kier alpha value is -1.27. The summed E-state index contributed by atoms with van der Waals surface area (Å²) in [6.07, 6.45) is 1.71. The number of hydrogen-bond acceptors (Lipinski definition) is 4. The molecule has 1 aromatic carbocycles. The molecule has 0 saturated heterocycles. The summed E-state index contributed by atoms with van der Waals surface area (Å²) < 4.78 is 32.7. The van der Waals surface area contributed by atoms with Crippen LogP contribution in [0.1, 0.15) is 33.6 Å². The second-order valence-electron chi connectivity index (χ2n) is 5.37. The summed E-state index contributed by atoms with van der Waals surface area (Å²) in [5.41, 5.74) is 0.752. The van der Waals surface area contributed by atoms with Crippen molar-refractivity contribution in [3.8, 4) is 5.75 Å². The normalized spacial score (nSPS) is 18.0. The van der Waals surface area contributed by atoms with Crippen LogP contribution in [0.25, 0.3) is 0 Å². The lowest BCUT2D eigenvalue weighted by Crippen LogP contribution is -2.33. The van der Waals surface area contributed by atoms with E-state index in [1.807, 2.05) is 20.8 Å². The summed E-state index contributed by atoms with van der Waals surface area (Å²) in [5.74, 6) is 0.713. The quantitative estimate of drug-likeness (QED) is 0.877. The van der Waals surface area contributed by atoms with E-state index in [4.69, 9.17) is 4.74 Å². The molecule has 0 radical (unpaired) electrons. The smallest absolute Gasteiger partial charge is 0.243 e. The molecular formula is C15H24N2O3S. The Bertz CT molecular complexity index is 581. The molecule has 6 heteroatoms. The maximum atomic E-state index is 12.7. The summed E-state index contributed by atoms with van der Waals surface area (Å²) in [6.45, 7) is 7.74. The molecule has 2 rings (SSSR count). The van der Waals surface area contributed by atoms with Crippen molar-refractivity contribution >= 4 is 15.7 Å². The molecule has 1 unspecified atom stereocenters. The van der Waals surface area contributed by atoms with Gasteiger partial charge in [-0.25, -0.2) is 8.42 Å². The fourth-order valence-corrected chi connectivity index (χ4v) is 4.07. The first-order chi connectivity index (χ1) is 9.98. The number of anilines is 1. The van der Waals surface area contributed by atoms with Crippen molar-refractivity contribution < 1.29 is 13.2 Å². The third-order valence-electron chi connectivity index (χ3n) is 3.44. The van der Waals surface area contributed by atoms with Gasteiger partial charge in [0, 0.05) is 13.1 Å². The van der Waals surface area contributed by atoms with Gasteiger partial charge in [-0.1, -0.05) is 13.8 Å². The standard InChI is InChI=1S/C15H24N2O3S/c1-4-8-17(9-5-2)21(18,19)13-6-7-15-14(10-13)16-11-12(3)20-15/h6-7,10,12,16H,4-5,8-9,11H2,1-3H3. The Labute approximate surface area is 127 Å². The number of fused-ring (bicyclic) bond motifs is 1. The van der Waals surface area contributed by atoms with Gasteiger partial charge in [-0.2, -0.15) is 4.31 Å². The number of rotatable bonds is 6. The molecule has 0 aromatic heterocycles. The Balaban J connectivity index is 2.31. The fourth-order valence-electron chi connectivity index (χ4n) is 2.42. The highest BCUT2D eigenvalue weighted by molar-refractivity contribution is 7.89. The topological polar surface area (TPSA) is 58.6 Å². The maximum Gasteiger partial charge on any atom is 0.243 e. The zero-order valence-electron chi connectivity index (χ0n) is 12.9. The van der Waals surface area contributed by atoms with Crippen molar-refractivity contribution in [2.24, 2.45) is 0 Å². The van der Waals surface area contributed by atoms with E-state index in [1.54, 1.807) is 22.5 Å². The minimum Gasteiger partial charge on any atom is -0.487 e. The molecule has 5 nitrogen and oxygen atoms in total. The predicted molar refractivity (Wildman–Crippen MR) is 84.4 cm³/mol. The number of sulfonamides is 1. The lowest BCUT2D eigenvalue weighted by molar-refractivity contribution is 0.226. The van der Waals surface area contributed by atoms with Crippen LogP contribution in [0.3, 0.4) is 0 Å². The average Bonchev–Trinajstić information content (AvgIpc) is 2.46. The van der Waals surface area contributed by atoms with Gasteiger partial charge in [-0.15, -0.1) is 0 Å². The summed E-state index contributed by atoms with van der Waals surface area (Å²) >= 11 is 0. The predicted octanol–water partition coefficient (Wildman–Crippen LogP) is 2.69. The van der Waals surface area contributed by atoms with Gasteiger partial charge in [0.1, 0.15) is 11.9 Å². The number of benzene rings is 1. The van der Waals surface area contributed by atoms with Crippen molar-refractivity contribution in [3.05, 3.63) is 18.2 Å². The largest absolute Gasteiger partial charge is 0.487 e. The van der Waals surface area contributed by atoms with Crippen LogP contribution in [0.15, 0.2) is 23.1 Å². The van der Waals surface area contributed by atoms with E-state index < -0.39 is 10.0 Å². The van der Waals surface area contributed by atoms with E-state index in [0.29, 0.717) is 30.3 Å². The van der Waals surface area contributed by atoms with E-state index >= 15 is 0 Å². The Morgan fingerprint density at radius 2 is 1.95 bits per heavy atom. The first-order valence-corrected chi connectivity index (χ1v) is 8.97. The molecule has 1 N–H and O–H groups in total. The monoisotopic (exact) mass is 312 g/mol. The van der Waals surface area contributed by atoms with Gasteiger partial charge in [0.15, 0.2) is 0 Å². The van der Waals surface area contributed by atoms with Crippen molar-refractivity contribution in [3.63, 3.8) is 0 Å². The van der Waals surface area contributed by atoms with Crippen LogP contribution in [-0.2, 0) is 10.0 Å². The SMILES string of the molecule is CCCN(CCC)S(=O)(=O)c1ccc2c(c1)NCC(C)O2. The van der Waals surface area contributed by atoms with Crippen LogP contribution in [0, 0.1) is 0 Å². The van der Waals surface area contributed by atoms with Gasteiger partial charge < -0.3 is 10.1 Å². The minimum atomic E-state index is -3.43. The van der Waals surface area contributed by atoms with Crippen LogP contribution in [0.2, 0.25) is 0 Å². The number of ether oxygens (including phenoxy) is 1. The van der Waals surface area contributed by atoms with Crippen LogP contribution < -0.4 is 10.1 Å². The highest BCUT2D eigenvalue weighted by Crippen LogP contribution is 2.32. The van der Waals surface area contributed by atoms with E-state index in [1.165, 1.54) is 0 Å². The van der Waals surface area contributed by atoms with Gasteiger partial charge in [0.25, 0.3) is 0 Å². The zero-order chi connectivity index (χ0) is 15.5. The maximum absolute atomic E-state index is 12.7. The number of nitrogens with one attached hydrogen (secondary N) is 1.